The molecule has 1 heterocycles. The van der Waals surface area contributed by atoms with Crippen LogP contribution < -0.4 is 9.64 Å². The molecule has 1 aliphatic heterocycles. The maximum atomic E-state index is 11.6. The monoisotopic (exact) mass is 297 g/mol. The Bertz CT molecular complexity index is 639. The van der Waals surface area contributed by atoms with Gasteiger partial charge in [-0.3, -0.25) is 4.79 Å². The number of hydrogen-bond acceptors (Lipinski definition) is 3. The molecule has 3 rings (SSSR count). The molecule has 2 aromatic rings. The first kappa shape index (κ1) is 14.4. The number of para-hydroxylation sites is 1. The van der Waals surface area contributed by atoms with Crippen molar-refractivity contribution in [2.45, 2.75) is 12.5 Å². The summed E-state index contributed by atoms with van der Waals surface area (Å²) in [5, 5.41) is 9.56. The third-order valence-electron chi connectivity index (χ3n) is 4.26. The van der Waals surface area contributed by atoms with Crippen LogP contribution >= 0.6 is 0 Å². The van der Waals surface area contributed by atoms with Gasteiger partial charge in [-0.2, -0.15) is 0 Å². The molecule has 2 unspecified atom stereocenters. The van der Waals surface area contributed by atoms with Gasteiger partial charge in [0, 0.05) is 12.2 Å². The molecule has 1 fully saturated rings. The number of carboxylic acid groups (broad SMARTS) is 1. The van der Waals surface area contributed by atoms with Crippen LogP contribution in [0.5, 0.6) is 5.75 Å². The van der Waals surface area contributed by atoms with Crippen molar-refractivity contribution in [3.63, 3.8) is 0 Å². The summed E-state index contributed by atoms with van der Waals surface area (Å²) >= 11 is 0. The Morgan fingerprint density at radius 2 is 1.82 bits per heavy atom. The van der Waals surface area contributed by atoms with Gasteiger partial charge < -0.3 is 14.7 Å². The van der Waals surface area contributed by atoms with E-state index < -0.39 is 11.9 Å². The molecule has 2 atom stereocenters. The van der Waals surface area contributed by atoms with E-state index in [-0.39, 0.29) is 6.04 Å². The van der Waals surface area contributed by atoms with Gasteiger partial charge in [-0.15, -0.1) is 0 Å². The van der Waals surface area contributed by atoms with Gasteiger partial charge in [-0.25, -0.2) is 0 Å². The molecule has 0 aliphatic carbocycles. The molecule has 0 radical (unpaired) electrons. The summed E-state index contributed by atoms with van der Waals surface area (Å²) in [7, 11) is 1.63. The van der Waals surface area contributed by atoms with Crippen molar-refractivity contribution in [1.82, 2.24) is 0 Å². The van der Waals surface area contributed by atoms with Crippen molar-refractivity contribution < 1.29 is 14.6 Å². The summed E-state index contributed by atoms with van der Waals surface area (Å²) in [5.41, 5.74) is 2.07. The number of ether oxygens (including phenoxy) is 1. The number of rotatable bonds is 4. The smallest absolute Gasteiger partial charge is 0.309 e. The highest BCUT2D eigenvalue weighted by atomic mass is 16.5. The fourth-order valence-electron chi connectivity index (χ4n) is 3.17. The van der Waals surface area contributed by atoms with Crippen molar-refractivity contribution >= 4 is 11.7 Å². The zero-order chi connectivity index (χ0) is 15.5. The molecule has 4 heteroatoms. The van der Waals surface area contributed by atoms with Gasteiger partial charge in [0.1, 0.15) is 5.75 Å². The van der Waals surface area contributed by atoms with Crippen molar-refractivity contribution in [3.05, 3.63) is 60.2 Å². The Balaban J connectivity index is 1.98. The molecular weight excluding hydrogens is 278 g/mol. The van der Waals surface area contributed by atoms with Gasteiger partial charge in [-0.05, 0) is 36.2 Å². The third kappa shape index (κ3) is 2.64. The van der Waals surface area contributed by atoms with E-state index in [2.05, 4.69) is 4.90 Å². The minimum atomic E-state index is -0.737. The first-order chi connectivity index (χ1) is 10.7. The van der Waals surface area contributed by atoms with E-state index in [1.165, 1.54) is 0 Å². The lowest BCUT2D eigenvalue weighted by Crippen LogP contribution is -2.28. The van der Waals surface area contributed by atoms with E-state index >= 15 is 0 Å². The molecule has 22 heavy (non-hydrogen) atoms. The maximum absolute atomic E-state index is 11.6. The number of carbonyl (C=O) groups is 1. The summed E-state index contributed by atoms with van der Waals surface area (Å²) in [4.78, 5) is 13.8. The normalized spacial score (nSPS) is 20.9. The number of hydrogen-bond donors (Lipinski definition) is 1. The van der Waals surface area contributed by atoms with E-state index in [0.717, 1.165) is 23.5 Å². The Kier molecular flexibility index (Phi) is 4.00. The van der Waals surface area contributed by atoms with Crippen LogP contribution in [0.3, 0.4) is 0 Å². The Morgan fingerprint density at radius 1 is 1.14 bits per heavy atom. The molecule has 0 amide bonds. The van der Waals surface area contributed by atoms with Crippen LogP contribution in [0.15, 0.2) is 54.6 Å². The van der Waals surface area contributed by atoms with Gasteiger partial charge in [-0.1, -0.05) is 30.3 Å². The fourth-order valence-corrected chi connectivity index (χ4v) is 3.17. The number of benzene rings is 2. The SMILES string of the molecule is COc1ccc(C2C(C(=O)O)CCN2c2ccccc2)cc1. The van der Waals surface area contributed by atoms with Crippen LogP contribution in [0.25, 0.3) is 0 Å². The largest absolute Gasteiger partial charge is 0.497 e. The Hall–Kier alpha value is -2.49. The lowest BCUT2D eigenvalue weighted by atomic mass is 9.93. The van der Waals surface area contributed by atoms with Gasteiger partial charge in [0.2, 0.25) is 0 Å². The minimum Gasteiger partial charge on any atom is -0.497 e. The minimum absolute atomic E-state index is 0.147. The zero-order valence-electron chi connectivity index (χ0n) is 12.5. The first-order valence-electron chi connectivity index (χ1n) is 7.39. The second kappa shape index (κ2) is 6.10. The number of methoxy groups -OCH3 is 1. The Labute approximate surface area is 130 Å². The molecule has 4 nitrogen and oxygen atoms in total. The lowest BCUT2D eigenvalue weighted by molar-refractivity contribution is -0.141. The van der Waals surface area contributed by atoms with Crippen LogP contribution in [0.4, 0.5) is 5.69 Å². The summed E-state index contributed by atoms with van der Waals surface area (Å²) < 4.78 is 5.19. The zero-order valence-corrected chi connectivity index (χ0v) is 12.5. The molecule has 2 aromatic carbocycles. The predicted molar refractivity (Wildman–Crippen MR) is 85.3 cm³/mol. The summed E-state index contributed by atoms with van der Waals surface area (Å²) in [6, 6.07) is 17.5. The van der Waals surface area contributed by atoms with Gasteiger partial charge in [0.05, 0.1) is 19.1 Å². The molecular formula is C18H19NO3. The second-order valence-electron chi connectivity index (χ2n) is 5.48. The standard InChI is InChI=1S/C18H19NO3/c1-22-15-9-7-13(8-10-15)17-16(18(20)21)11-12-19(17)14-5-3-2-4-6-14/h2-10,16-17H,11-12H2,1H3,(H,20,21). The summed E-state index contributed by atoms with van der Waals surface area (Å²) in [6.07, 6.45) is 0.654. The number of anilines is 1. The van der Waals surface area contributed by atoms with Crippen molar-refractivity contribution in [2.24, 2.45) is 5.92 Å². The summed E-state index contributed by atoms with van der Waals surface area (Å²) in [5.74, 6) is -0.354. The van der Waals surface area contributed by atoms with Crippen LogP contribution in [-0.4, -0.2) is 24.7 Å². The van der Waals surface area contributed by atoms with Crippen LogP contribution in [0.1, 0.15) is 18.0 Å². The van der Waals surface area contributed by atoms with Crippen molar-refractivity contribution in [2.75, 3.05) is 18.6 Å². The predicted octanol–water partition coefficient (Wildman–Crippen LogP) is 3.35. The van der Waals surface area contributed by atoms with E-state index in [1.54, 1.807) is 7.11 Å². The average molecular weight is 297 g/mol. The van der Waals surface area contributed by atoms with E-state index in [4.69, 9.17) is 4.74 Å². The maximum Gasteiger partial charge on any atom is 0.309 e. The average Bonchev–Trinajstić information content (AvgIpc) is 3.01. The van der Waals surface area contributed by atoms with Crippen molar-refractivity contribution in [3.8, 4) is 5.75 Å². The first-order valence-corrected chi connectivity index (χ1v) is 7.39. The van der Waals surface area contributed by atoms with Crippen LogP contribution in [0.2, 0.25) is 0 Å². The molecule has 1 N–H and O–H groups in total. The highest BCUT2D eigenvalue weighted by molar-refractivity contribution is 5.74. The number of aliphatic carboxylic acids is 1. The number of carboxylic acids is 1. The van der Waals surface area contributed by atoms with E-state index in [1.807, 2.05) is 54.6 Å². The van der Waals surface area contributed by atoms with E-state index in [0.29, 0.717) is 6.42 Å². The lowest BCUT2D eigenvalue weighted by Gasteiger charge is -2.29. The number of nitrogens with zero attached hydrogens (tertiary/aromatic N) is 1. The highest BCUT2D eigenvalue weighted by Crippen LogP contribution is 2.40. The molecule has 0 bridgehead atoms. The second-order valence-corrected chi connectivity index (χ2v) is 5.48. The van der Waals surface area contributed by atoms with Gasteiger partial charge in [0.25, 0.3) is 0 Å². The Morgan fingerprint density at radius 3 is 2.41 bits per heavy atom. The van der Waals surface area contributed by atoms with Crippen molar-refractivity contribution in [1.29, 1.82) is 0 Å². The van der Waals surface area contributed by atoms with Gasteiger partial charge >= 0.3 is 5.97 Å². The van der Waals surface area contributed by atoms with Crippen LogP contribution in [0, 0.1) is 5.92 Å². The molecule has 0 spiro atoms. The molecule has 0 saturated carbocycles. The van der Waals surface area contributed by atoms with Gasteiger partial charge in [0.15, 0.2) is 0 Å². The highest BCUT2D eigenvalue weighted by Gasteiger charge is 2.39. The third-order valence-corrected chi connectivity index (χ3v) is 4.26. The molecule has 0 aromatic heterocycles. The quantitative estimate of drug-likeness (QED) is 0.940. The van der Waals surface area contributed by atoms with E-state index in [9.17, 15) is 9.90 Å². The van der Waals surface area contributed by atoms with Crippen LogP contribution in [-0.2, 0) is 4.79 Å². The molecule has 114 valence electrons. The summed E-state index contributed by atoms with van der Waals surface area (Å²) in [6.45, 7) is 0.748. The molecule has 1 saturated heterocycles. The fraction of sp³-hybridized carbons (Fsp3) is 0.278. The molecule has 1 aliphatic rings. The topological polar surface area (TPSA) is 49.8 Å².